The summed E-state index contributed by atoms with van der Waals surface area (Å²) in [6.07, 6.45) is 12.9. The van der Waals surface area contributed by atoms with Crippen LogP contribution in [0.4, 0.5) is 0 Å². The SMILES string of the molecule is CC(=O)O[C@H]1CC[C@]2(C)C3=C(CC[C@H]2C1(C)C)[C@]1(C)CC[C@H]([C@H](C)CCCN2CCOCC2)[C@@]1(C)CC3. The zero-order valence-electron chi connectivity index (χ0n) is 25.1. The van der Waals surface area contributed by atoms with Crippen LogP contribution in [0.15, 0.2) is 11.1 Å². The summed E-state index contributed by atoms with van der Waals surface area (Å²) >= 11 is 0. The van der Waals surface area contributed by atoms with Gasteiger partial charge in [-0.3, -0.25) is 9.69 Å². The highest BCUT2D eigenvalue weighted by atomic mass is 16.5. The van der Waals surface area contributed by atoms with Crippen molar-refractivity contribution in [2.45, 2.75) is 119 Å². The number of hydrogen-bond donors (Lipinski definition) is 0. The standard InChI is InChI=1S/C33H55NO3/c1-23(9-8-18-34-19-21-36-22-20-34)25-12-16-33(7)27-10-11-28-30(3,4)29(37-24(2)35)14-15-31(28,5)26(27)13-17-32(25,33)6/h23,25,28-29H,8-22H2,1-7H3/t23-,25-,28+,29+,31-,32-,33+/m1/s1. The Balaban J connectivity index is 1.33. The third-order valence-electron chi connectivity index (χ3n) is 13.0. The molecule has 1 saturated heterocycles. The van der Waals surface area contributed by atoms with Gasteiger partial charge in [-0.2, -0.15) is 0 Å². The molecule has 0 unspecified atom stereocenters. The molecule has 0 aromatic heterocycles. The highest BCUT2D eigenvalue weighted by Crippen LogP contribution is 2.72. The highest BCUT2D eigenvalue weighted by molar-refractivity contribution is 5.66. The Morgan fingerprint density at radius 3 is 2.43 bits per heavy atom. The van der Waals surface area contributed by atoms with Crippen molar-refractivity contribution >= 4 is 5.97 Å². The van der Waals surface area contributed by atoms with Crippen molar-refractivity contribution in [1.29, 1.82) is 0 Å². The van der Waals surface area contributed by atoms with Gasteiger partial charge >= 0.3 is 5.97 Å². The Hall–Kier alpha value is -0.870. The molecule has 0 amide bonds. The van der Waals surface area contributed by atoms with Crippen LogP contribution in [0, 0.1) is 39.4 Å². The van der Waals surface area contributed by atoms with Crippen LogP contribution in [0.3, 0.4) is 0 Å². The molecule has 37 heavy (non-hydrogen) atoms. The summed E-state index contributed by atoms with van der Waals surface area (Å²) in [4.78, 5) is 14.5. The Bertz CT molecular complexity index is 903. The number of nitrogens with zero attached hydrogens (tertiary/aromatic N) is 1. The summed E-state index contributed by atoms with van der Waals surface area (Å²) < 4.78 is 11.4. The minimum absolute atomic E-state index is 0.0338. The van der Waals surface area contributed by atoms with Gasteiger partial charge in [-0.25, -0.2) is 0 Å². The molecule has 210 valence electrons. The molecule has 4 aliphatic carbocycles. The van der Waals surface area contributed by atoms with E-state index < -0.39 is 0 Å². The molecule has 1 aliphatic heterocycles. The van der Waals surface area contributed by atoms with Gasteiger partial charge in [0.25, 0.3) is 0 Å². The predicted molar refractivity (Wildman–Crippen MR) is 150 cm³/mol. The van der Waals surface area contributed by atoms with Crippen LogP contribution in [0.2, 0.25) is 0 Å². The lowest BCUT2D eigenvalue weighted by molar-refractivity contribution is -0.167. The van der Waals surface area contributed by atoms with E-state index in [0.29, 0.717) is 16.7 Å². The molecule has 1 heterocycles. The molecule has 0 aromatic carbocycles. The molecule has 0 radical (unpaired) electrons. The van der Waals surface area contributed by atoms with Crippen LogP contribution < -0.4 is 0 Å². The fourth-order valence-electron chi connectivity index (χ4n) is 10.7. The van der Waals surface area contributed by atoms with Crippen LogP contribution in [-0.4, -0.2) is 49.8 Å². The first-order valence-corrected chi connectivity index (χ1v) is 15.6. The van der Waals surface area contributed by atoms with Crippen molar-refractivity contribution in [2.24, 2.45) is 39.4 Å². The van der Waals surface area contributed by atoms with Gasteiger partial charge in [0, 0.05) is 25.4 Å². The van der Waals surface area contributed by atoms with Crippen molar-refractivity contribution in [3.8, 4) is 0 Å². The Labute approximate surface area is 227 Å². The fourth-order valence-corrected chi connectivity index (χ4v) is 10.7. The van der Waals surface area contributed by atoms with Gasteiger partial charge in [-0.1, -0.05) is 52.7 Å². The number of fused-ring (bicyclic) bond motifs is 4. The van der Waals surface area contributed by atoms with E-state index in [1.54, 1.807) is 6.92 Å². The van der Waals surface area contributed by atoms with Crippen molar-refractivity contribution in [1.82, 2.24) is 4.90 Å². The molecular formula is C33H55NO3. The largest absolute Gasteiger partial charge is 0.462 e. The summed E-state index contributed by atoms with van der Waals surface area (Å²) in [7, 11) is 0. The second kappa shape index (κ2) is 9.95. The quantitative estimate of drug-likeness (QED) is 0.274. The number of allylic oxidation sites excluding steroid dienone is 2. The molecule has 3 fully saturated rings. The Kier molecular flexibility index (Phi) is 7.45. The minimum Gasteiger partial charge on any atom is -0.462 e. The maximum atomic E-state index is 11.9. The summed E-state index contributed by atoms with van der Waals surface area (Å²) in [6, 6.07) is 0. The van der Waals surface area contributed by atoms with E-state index in [1.807, 2.05) is 11.1 Å². The average molecular weight is 514 g/mol. The molecule has 0 aromatic rings. The molecule has 0 bridgehead atoms. The number of ether oxygens (including phenoxy) is 2. The van der Waals surface area contributed by atoms with Crippen molar-refractivity contribution in [3.05, 3.63) is 11.1 Å². The smallest absolute Gasteiger partial charge is 0.302 e. The van der Waals surface area contributed by atoms with Crippen molar-refractivity contribution in [2.75, 3.05) is 32.8 Å². The number of morpholine rings is 1. The van der Waals surface area contributed by atoms with Crippen LogP contribution in [0.25, 0.3) is 0 Å². The summed E-state index contributed by atoms with van der Waals surface area (Å²) in [5.74, 6) is 2.13. The van der Waals surface area contributed by atoms with E-state index in [1.165, 1.54) is 64.3 Å². The van der Waals surface area contributed by atoms with E-state index >= 15 is 0 Å². The molecular weight excluding hydrogens is 458 g/mol. The zero-order valence-corrected chi connectivity index (χ0v) is 25.1. The number of carbonyl (C=O) groups excluding carboxylic acids is 1. The molecule has 0 N–H and O–H groups in total. The van der Waals surface area contributed by atoms with Gasteiger partial charge in [-0.15, -0.1) is 0 Å². The van der Waals surface area contributed by atoms with Crippen LogP contribution in [0.5, 0.6) is 0 Å². The topological polar surface area (TPSA) is 38.8 Å². The lowest BCUT2D eigenvalue weighted by Crippen LogP contribution is -2.55. The van der Waals surface area contributed by atoms with Gasteiger partial charge in [-0.05, 0) is 105 Å². The first-order valence-electron chi connectivity index (χ1n) is 15.6. The third-order valence-corrected chi connectivity index (χ3v) is 13.0. The Morgan fingerprint density at radius 2 is 1.73 bits per heavy atom. The molecule has 5 rings (SSSR count). The highest BCUT2D eigenvalue weighted by Gasteiger charge is 2.63. The molecule has 5 aliphatic rings. The normalized spacial score (nSPS) is 42.5. The second-order valence-corrected chi connectivity index (χ2v) is 14.9. The number of hydrogen-bond acceptors (Lipinski definition) is 4. The van der Waals surface area contributed by atoms with Crippen molar-refractivity contribution < 1.29 is 14.3 Å². The number of carbonyl (C=O) groups is 1. The molecule has 2 saturated carbocycles. The summed E-state index contributed by atoms with van der Waals surface area (Å²) in [5.41, 5.74) is 4.78. The van der Waals surface area contributed by atoms with E-state index in [9.17, 15) is 4.79 Å². The van der Waals surface area contributed by atoms with Crippen LogP contribution >= 0.6 is 0 Å². The third kappa shape index (κ3) is 4.45. The molecule has 4 nitrogen and oxygen atoms in total. The number of rotatable bonds is 6. The zero-order chi connectivity index (χ0) is 26.6. The first kappa shape index (κ1) is 27.7. The lowest BCUT2D eigenvalue weighted by Gasteiger charge is -2.62. The van der Waals surface area contributed by atoms with Crippen LogP contribution in [-0.2, 0) is 14.3 Å². The maximum absolute atomic E-state index is 11.9. The number of esters is 1. The lowest BCUT2D eigenvalue weighted by atomic mass is 9.43. The van der Waals surface area contributed by atoms with Gasteiger partial charge in [0.1, 0.15) is 6.10 Å². The van der Waals surface area contributed by atoms with Crippen LogP contribution in [0.1, 0.15) is 113 Å². The van der Waals surface area contributed by atoms with Crippen molar-refractivity contribution in [3.63, 3.8) is 0 Å². The maximum Gasteiger partial charge on any atom is 0.302 e. The first-order chi connectivity index (χ1) is 17.4. The predicted octanol–water partition coefficient (Wildman–Crippen LogP) is 7.42. The monoisotopic (exact) mass is 513 g/mol. The minimum atomic E-state index is -0.116. The summed E-state index contributed by atoms with van der Waals surface area (Å²) in [6.45, 7) is 22.1. The fraction of sp³-hybridized carbons (Fsp3) is 0.909. The average Bonchev–Trinajstić information content (AvgIpc) is 3.13. The molecule has 0 spiro atoms. The Morgan fingerprint density at radius 1 is 1.00 bits per heavy atom. The molecule has 4 heteroatoms. The van der Waals surface area contributed by atoms with E-state index in [2.05, 4.69) is 46.4 Å². The van der Waals surface area contributed by atoms with E-state index in [-0.39, 0.29) is 22.9 Å². The van der Waals surface area contributed by atoms with Gasteiger partial charge < -0.3 is 9.47 Å². The molecule has 7 atom stereocenters. The van der Waals surface area contributed by atoms with Gasteiger partial charge in [0.05, 0.1) is 13.2 Å². The summed E-state index contributed by atoms with van der Waals surface area (Å²) in [5, 5.41) is 0. The van der Waals surface area contributed by atoms with Gasteiger partial charge in [0.15, 0.2) is 0 Å². The second-order valence-electron chi connectivity index (χ2n) is 14.9. The van der Waals surface area contributed by atoms with E-state index in [0.717, 1.165) is 44.6 Å². The van der Waals surface area contributed by atoms with E-state index in [4.69, 9.17) is 9.47 Å². The van der Waals surface area contributed by atoms with Gasteiger partial charge in [0.2, 0.25) is 0 Å².